The van der Waals surface area contributed by atoms with Crippen molar-refractivity contribution in [3.05, 3.63) is 24.3 Å². The van der Waals surface area contributed by atoms with Gasteiger partial charge >= 0.3 is 0 Å². The Hall–Kier alpha value is -2.25. The third kappa shape index (κ3) is 3.00. The number of aromatic nitrogens is 6. The molecule has 1 aliphatic rings. The molecule has 0 spiro atoms. The van der Waals surface area contributed by atoms with E-state index in [1.165, 1.54) is 25.6 Å². The number of carbonyl (C=O) groups excluding carboxylic acids is 1. The lowest BCUT2D eigenvalue weighted by Gasteiger charge is -2.24. The lowest BCUT2D eigenvalue weighted by atomic mass is 9.95. The average molecular weight is 303 g/mol. The molecule has 0 aromatic carbocycles. The minimum Gasteiger partial charge on any atom is -0.369 e. The summed E-state index contributed by atoms with van der Waals surface area (Å²) in [6, 6.07) is 0.252. The molecule has 1 fully saturated rings. The fourth-order valence-corrected chi connectivity index (χ4v) is 3.03. The molecule has 0 aliphatic heterocycles. The Balaban J connectivity index is 1.94. The second-order valence-corrected chi connectivity index (χ2v) is 5.82. The molecule has 1 saturated carbocycles. The molecule has 1 amide bonds. The summed E-state index contributed by atoms with van der Waals surface area (Å²) in [6.45, 7) is 2.01. The van der Waals surface area contributed by atoms with Crippen LogP contribution in [-0.4, -0.2) is 35.4 Å². The van der Waals surface area contributed by atoms with E-state index in [1.54, 1.807) is 11.0 Å². The number of hydrogen-bond acceptors (Lipinski definition) is 5. The molecule has 0 saturated heterocycles. The smallest absolute Gasteiger partial charge is 0.225 e. The van der Waals surface area contributed by atoms with Crippen LogP contribution in [0.5, 0.6) is 0 Å². The fraction of sp³-hybridized carbons (Fsp3) is 0.643. The molecule has 0 unspecified atom stereocenters. The minimum absolute atomic E-state index is 0.0663. The predicted molar refractivity (Wildman–Crippen MR) is 78.9 cm³/mol. The molecule has 8 heteroatoms. The number of amides is 1. The summed E-state index contributed by atoms with van der Waals surface area (Å²) in [6.07, 6.45) is 9.09. The number of primary amides is 1. The Kier molecular flexibility index (Phi) is 4.17. The molecule has 118 valence electrons. The highest BCUT2D eigenvalue weighted by Gasteiger charge is 2.25. The summed E-state index contributed by atoms with van der Waals surface area (Å²) in [7, 11) is 0. The van der Waals surface area contributed by atoms with Gasteiger partial charge in [-0.3, -0.25) is 4.79 Å². The maximum absolute atomic E-state index is 11.2. The first-order valence-corrected chi connectivity index (χ1v) is 7.73. The van der Waals surface area contributed by atoms with Crippen LogP contribution < -0.4 is 5.73 Å². The molecule has 2 aromatic rings. The van der Waals surface area contributed by atoms with E-state index in [0.29, 0.717) is 11.9 Å². The van der Waals surface area contributed by atoms with E-state index < -0.39 is 5.91 Å². The van der Waals surface area contributed by atoms with Gasteiger partial charge in [0.15, 0.2) is 11.6 Å². The highest BCUT2D eigenvalue weighted by atomic mass is 16.1. The fourth-order valence-electron chi connectivity index (χ4n) is 3.03. The van der Waals surface area contributed by atoms with Crippen LogP contribution >= 0.6 is 0 Å². The molecular formula is C14H21N7O. The van der Waals surface area contributed by atoms with Crippen LogP contribution in [0.15, 0.2) is 12.7 Å². The zero-order valence-electron chi connectivity index (χ0n) is 12.7. The van der Waals surface area contributed by atoms with Gasteiger partial charge in [0.05, 0.1) is 12.5 Å². The molecule has 1 aliphatic carbocycles. The highest BCUT2D eigenvalue weighted by Crippen LogP contribution is 2.30. The molecule has 2 aromatic heterocycles. The summed E-state index contributed by atoms with van der Waals surface area (Å²) in [4.78, 5) is 19.7. The SMILES string of the molecule is C[C@@H](c1nc(CC(N)=O)nn1C1CCCCC1)n1cncn1. The molecule has 0 radical (unpaired) electrons. The van der Waals surface area contributed by atoms with Crippen molar-refractivity contribution < 1.29 is 4.79 Å². The Bertz CT molecular complexity index is 628. The van der Waals surface area contributed by atoms with E-state index in [4.69, 9.17) is 5.73 Å². The maximum atomic E-state index is 11.2. The number of nitrogens with zero attached hydrogens (tertiary/aromatic N) is 6. The van der Waals surface area contributed by atoms with E-state index in [-0.39, 0.29) is 12.5 Å². The quantitative estimate of drug-likeness (QED) is 0.887. The third-order valence-electron chi connectivity index (χ3n) is 4.16. The van der Waals surface area contributed by atoms with Gasteiger partial charge in [-0.25, -0.2) is 19.3 Å². The van der Waals surface area contributed by atoms with Gasteiger partial charge in [0.2, 0.25) is 5.91 Å². The molecule has 2 N–H and O–H groups in total. The highest BCUT2D eigenvalue weighted by molar-refractivity contribution is 5.75. The summed E-state index contributed by atoms with van der Waals surface area (Å²) < 4.78 is 3.72. The van der Waals surface area contributed by atoms with Crippen molar-refractivity contribution in [2.45, 2.75) is 57.5 Å². The van der Waals surface area contributed by atoms with Gasteiger partial charge in [-0.2, -0.15) is 10.2 Å². The maximum Gasteiger partial charge on any atom is 0.225 e. The zero-order chi connectivity index (χ0) is 15.5. The summed E-state index contributed by atoms with van der Waals surface area (Å²) in [5.41, 5.74) is 5.28. The average Bonchev–Trinajstić information content (AvgIpc) is 3.16. The Morgan fingerprint density at radius 3 is 2.82 bits per heavy atom. The van der Waals surface area contributed by atoms with Crippen molar-refractivity contribution in [3.8, 4) is 0 Å². The van der Waals surface area contributed by atoms with Gasteiger partial charge in [-0.05, 0) is 19.8 Å². The standard InChI is InChI=1S/C14H21N7O/c1-10(20-9-16-8-17-20)14-18-13(7-12(15)22)19-21(14)11-5-3-2-4-6-11/h8-11H,2-7H2,1H3,(H2,15,22)/t10-/m0/s1. The van der Waals surface area contributed by atoms with Crippen molar-refractivity contribution in [1.82, 2.24) is 29.5 Å². The van der Waals surface area contributed by atoms with E-state index in [9.17, 15) is 4.79 Å². The van der Waals surface area contributed by atoms with Crippen LogP contribution in [0.1, 0.15) is 62.8 Å². The van der Waals surface area contributed by atoms with Gasteiger partial charge in [-0.15, -0.1) is 0 Å². The number of nitrogens with two attached hydrogens (primary N) is 1. The second kappa shape index (κ2) is 6.25. The van der Waals surface area contributed by atoms with Crippen LogP contribution in [-0.2, 0) is 11.2 Å². The summed E-state index contributed by atoms with van der Waals surface area (Å²) in [5, 5.41) is 8.73. The molecule has 3 rings (SSSR count). The lowest BCUT2D eigenvalue weighted by molar-refractivity contribution is -0.117. The van der Waals surface area contributed by atoms with Gasteiger partial charge in [0.25, 0.3) is 0 Å². The second-order valence-electron chi connectivity index (χ2n) is 5.82. The zero-order valence-corrected chi connectivity index (χ0v) is 12.7. The Morgan fingerprint density at radius 1 is 1.41 bits per heavy atom. The van der Waals surface area contributed by atoms with E-state index in [2.05, 4.69) is 20.2 Å². The van der Waals surface area contributed by atoms with Crippen molar-refractivity contribution in [1.29, 1.82) is 0 Å². The third-order valence-corrected chi connectivity index (χ3v) is 4.16. The summed E-state index contributed by atoms with van der Waals surface area (Å²) in [5.74, 6) is 0.884. The topological polar surface area (TPSA) is 105 Å². The molecule has 2 heterocycles. The van der Waals surface area contributed by atoms with Crippen molar-refractivity contribution in [3.63, 3.8) is 0 Å². The van der Waals surface area contributed by atoms with Crippen LogP contribution in [0.3, 0.4) is 0 Å². The molecular weight excluding hydrogens is 282 g/mol. The van der Waals surface area contributed by atoms with Crippen LogP contribution in [0, 0.1) is 0 Å². The van der Waals surface area contributed by atoms with Gasteiger partial charge in [0.1, 0.15) is 18.7 Å². The number of hydrogen-bond donors (Lipinski definition) is 1. The van der Waals surface area contributed by atoms with Gasteiger partial charge in [0, 0.05) is 0 Å². The van der Waals surface area contributed by atoms with Gasteiger partial charge < -0.3 is 5.73 Å². The lowest BCUT2D eigenvalue weighted by Crippen LogP contribution is -2.21. The first kappa shape index (κ1) is 14.7. The van der Waals surface area contributed by atoms with E-state index >= 15 is 0 Å². The molecule has 1 atom stereocenters. The Labute approximate surface area is 128 Å². The number of carbonyl (C=O) groups is 1. The van der Waals surface area contributed by atoms with Crippen molar-refractivity contribution in [2.24, 2.45) is 5.73 Å². The summed E-state index contributed by atoms with van der Waals surface area (Å²) >= 11 is 0. The van der Waals surface area contributed by atoms with Gasteiger partial charge in [-0.1, -0.05) is 19.3 Å². The molecule has 0 bridgehead atoms. The van der Waals surface area contributed by atoms with Crippen molar-refractivity contribution >= 4 is 5.91 Å². The molecule has 22 heavy (non-hydrogen) atoms. The normalized spacial score (nSPS) is 17.5. The Morgan fingerprint density at radius 2 is 2.18 bits per heavy atom. The monoisotopic (exact) mass is 303 g/mol. The van der Waals surface area contributed by atoms with Crippen LogP contribution in [0.4, 0.5) is 0 Å². The van der Waals surface area contributed by atoms with E-state index in [0.717, 1.165) is 18.7 Å². The minimum atomic E-state index is -0.416. The number of rotatable bonds is 5. The molecule has 8 nitrogen and oxygen atoms in total. The van der Waals surface area contributed by atoms with E-state index in [1.807, 2.05) is 11.6 Å². The first-order chi connectivity index (χ1) is 10.6. The first-order valence-electron chi connectivity index (χ1n) is 7.73. The van der Waals surface area contributed by atoms with Crippen LogP contribution in [0.25, 0.3) is 0 Å². The predicted octanol–water partition coefficient (Wildman–Crippen LogP) is 1.01. The van der Waals surface area contributed by atoms with Crippen LogP contribution in [0.2, 0.25) is 0 Å². The largest absolute Gasteiger partial charge is 0.369 e. The van der Waals surface area contributed by atoms with Crippen molar-refractivity contribution in [2.75, 3.05) is 0 Å².